The van der Waals surface area contributed by atoms with Crippen molar-refractivity contribution in [3.63, 3.8) is 0 Å². The van der Waals surface area contributed by atoms with Crippen LogP contribution in [0.4, 0.5) is 0 Å². The first-order valence-electron chi connectivity index (χ1n) is 10.5. The molecular weight excluding hydrogens is 416 g/mol. The first-order chi connectivity index (χ1) is 14.5. The van der Waals surface area contributed by atoms with E-state index in [2.05, 4.69) is 5.32 Å². The van der Waals surface area contributed by atoms with Gasteiger partial charge in [-0.05, 0) is 49.6 Å². The Labute approximate surface area is 188 Å². The smallest absolute Gasteiger partial charge is 0.242 e. The molecule has 4 nitrogen and oxygen atoms in total. The number of carbonyl (C=O) groups is 2. The number of benzene rings is 2. The summed E-state index contributed by atoms with van der Waals surface area (Å²) in [6.45, 7) is 2.24. The van der Waals surface area contributed by atoms with E-state index in [0.717, 1.165) is 36.1 Å². The van der Waals surface area contributed by atoms with Crippen LogP contribution in [0.2, 0.25) is 5.02 Å². The highest BCUT2D eigenvalue weighted by molar-refractivity contribution is 8.00. The lowest BCUT2D eigenvalue weighted by Gasteiger charge is -2.31. The maximum absolute atomic E-state index is 13.1. The Kier molecular flexibility index (Phi) is 8.64. The first-order valence-corrected chi connectivity index (χ1v) is 11.9. The van der Waals surface area contributed by atoms with Crippen LogP contribution in [-0.4, -0.2) is 34.6 Å². The van der Waals surface area contributed by atoms with Crippen molar-refractivity contribution in [3.05, 3.63) is 65.2 Å². The Morgan fingerprint density at radius 1 is 1.07 bits per heavy atom. The van der Waals surface area contributed by atoms with Crippen LogP contribution < -0.4 is 5.32 Å². The van der Waals surface area contributed by atoms with Gasteiger partial charge in [0.25, 0.3) is 0 Å². The molecule has 1 saturated carbocycles. The van der Waals surface area contributed by atoms with Gasteiger partial charge in [0.2, 0.25) is 11.8 Å². The van der Waals surface area contributed by atoms with Crippen LogP contribution in [-0.2, 0) is 16.1 Å². The molecular formula is C24H29ClN2O2S. The minimum Gasteiger partial charge on any atom is -0.352 e. The maximum atomic E-state index is 13.1. The molecule has 0 aromatic heterocycles. The van der Waals surface area contributed by atoms with E-state index < -0.39 is 6.04 Å². The van der Waals surface area contributed by atoms with Crippen molar-refractivity contribution in [2.45, 2.75) is 62.6 Å². The maximum Gasteiger partial charge on any atom is 0.242 e. The Bertz CT molecular complexity index is 823. The molecule has 0 aliphatic heterocycles. The highest BCUT2D eigenvalue weighted by atomic mass is 35.5. The van der Waals surface area contributed by atoms with Crippen LogP contribution in [0.25, 0.3) is 0 Å². The predicted octanol–water partition coefficient (Wildman–Crippen LogP) is 5.30. The van der Waals surface area contributed by atoms with Crippen molar-refractivity contribution >= 4 is 35.2 Å². The Balaban J connectivity index is 1.67. The molecule has 30 heavy (non-hydrogen) atoms. The van der Waals surface area contributed by atoms with Gasteiger partial charge in [-0.1, -0.05) is 61.2 Å². The van der Waals surface area contributed by atoms with E-state index in [1.54, 1.807) is 4.90 Å². The zero-order chi connectivity index (χ0) is 21.3. The van der Waals surface area contributed by atoms with Gasteiger partial charge >= 0.3 is 0 Å². The quantitative estimate of drug-likeness (QED) is 0.562. The van der Waals surface area contributed by atoms with Gasteiger partial charge in [0.15, 0.2) is 0 Å². The zero-order valence-corrected chi connectivity index (χ0v) is 18.9. The number of hydrogen-bond acceptors (Lipinski definition) is 3. The van der Waals surface area contributed by atoms with Gasteiger partial charge in [-0.25, -0.2) is 0 Å². The van der Waals surface area contributed by atoms with Gasteiger partial charge in [-0.3, -0.25) is 9.59 Å². The molecule has 1 aliphatic carbocycles. The van der Waals surface area contributed by atoms with E-state index in [-0.39, 0.29) is 23.6 Å². The fourth-order valence-electron chi connectivity index (χ4n) is 3.69. The van der Waals surface area contributed by atoms with Gasteiger partial charge in [-0.15, -0.1) is 11.8 Å². The van der Waals surface area contributed by atoms with Crippen LogP contribution in [0.3, 0.4) is 0 Å². The summed E-state index contributed by atoms with van der Waals surface area (Å²) in [7, 11) is 0. The van der Waals surface area contributed by atoms with Gasteiger partial charge in [0.1, 0.15) is 6.04 Å². The van der Waals surface area contributed by atoms with Crippen LogP contribution >= 0.6 is 23.4 Å². The molecule has 3 rings (SSSR count). The largest absolute Gasteiger partial charge is 0.352 e. The lowest BCUT2D eigenvalue weighted by Crippen LogP contribution is -2.50. The second-order valence-corrected chi connectivity index (χ2v) is 9.25. The number of halogens is 1. The summed E-state index contributed by atoms with van der Waals surface area (Å²) in [5.41, 5.74) is 1.01. The van der Waals surface area contributed by atoms with Crippen LogP contribution in [0.1, 0.15) is 44.6 Å². The highest BCUT2D eigenvalue weighted by Gasteiger charge is 2.28. The summed E-state index contributed by atoms with van der Waals surface area (Å²) in [4.78, 5) is 28.7. The van der Waals surface area contributed by atoms with Crippen LogP contribution in [0.5, 0.6) is 0 Å². The molecule has 0 bridgehead atoms. The Hall–Kier alpha value is -1.98. The molecule has 1 atom stereocenters. The molecule has 2 amide bonds. The zero-order valence-electron chi connectivity index (χ0n) is 17.4. The van der Waals surface area contributed by atoms with Crippen molar-refractivity contribution in [2.75, 3.05) is 5.75 Å². The normalized spacial score (nSPS) is 15.4. The van der Waals surface area contributed by atoms with Crippen LogP contribution in [0.15, 0.2) is 59.5 Å². The average Bonchev–Trinajstić information content (AvgIpc) is 2.78. The Morgan fingerprint density at radius 2 is 1.73 bits per heavy atom. The standard InChI is InChI=1S/C24H29ClN2O2S/c1-18(24(29)26-21-10-6-3-7-11-21)27(16-19-8-4-2-5-9-19)23(28)17-30-22-14-12-20(25)13-15-22/h2,4-5,8-9,12-15,18,21H,3,6-7,10-11,16-17H2,1H3,(H,26,29)/t18-/m1/s1. The van der Waals surface area contributed by atoms with Crippen molar-refractivity contribution in [3.8, 4) is 0 Å². The third kappa shape index (κ3) is 6.78. The molecule has 1 fully saturated rings. The van der Waals surface area contributed by atoms with E-state index >= 15 is 0 Å². The molecule has 0 saturated heterocycles. The first kappa shape index (κ1) is 22.7. The van der Waals surface area contributed by atoms with Crippen molar-refractivity contribution in [2.24, 2.45) is 0 Å². The molecule has 2 aromatic rings. The SMILES string of the molecule is C[C@H](C(=O)NC1CCCCC1)N(Cc1ccccc1)C(=O)CSc1ccc(Cl)cc1. The average molecular weight is 445 g/mol. The van der Waals surface area contributed by atoms with E-state index in [0.29, 0.717) is 11.6 Å². The summed E-state index contributed by atoms with van der Waals surface area (Å²) < 4.78 is 0. The number of nitrogens with zero attached hydrogens (tertiary/aromatic N) is 1. The fourth-order valence-corrected chi connectivity index (χ4v) is 4.60. The number of amides is 2. The van der Waals surface area contributed by atoms with Crippen molar-refractivity contribution in [1.82, 2.24) is 10.2 Å². The monoisotopic (exact) mass is 444 g/mol. The highest BCUT2D eigenvalue weighted by Crippen LogP contribution is 2.22. The lowest BCUT2D eigenvalue weighted by molar-refractivity contribution is -0.139. The fraction of sp³-hybridized carbons (Fsp3) is 0.417. The van der Waals surface area contributed by atoms with E-state index in [1.807, 2.05) is 61.5 Å². The van der Waals surface area contributed by atoms with Gasteiger partial charge in [-0.2, -0.15) is 0 Å². The summed E-state index contributed by atoms with van der Waals surface area (Å²) in [5, 5.41) is 3.84. The molecule has 1 N–H and O–H groups in total. The molecule has 160 valence electrons. The number of nitrogens with one attached hydrogen (secondary N) is 1. The summed E-state index contributed by atoms with van der Waals surface area (Å²) >= 11 is 7.40. The van der Waals surface area contributed by atoms with Crippen molar-refractivity contribution < 1.29 is 9.59 Å². The number of carbonyl (C=O) groups excluding carboxylic acids is 2. The summed E-state index contributed by atoms with van der Waals surface area (Å²) in [6, 6.07) is 17.0. The topological polar surface area (TPSA) is 49.4 Å². The lowest BCUT2D eigenvalue weighted by atomic mass is 9.95. The Morgan fingerprint density at radius 3 is 2.40 bits per heavy atom. The molecule has 0 heterocycles. The van der Waals surface area contributed by atoms with Gasteiger partial charge in [0, 0.05) is 22.5 Å². The summed E-state index contributed by atoms with van der Waals surface area (Å²) in [5.74, 6) is 0.156. The van der Waals surface area contributed by atoms with Gasteiger partial charge < -0.3 is 10.2 Å². The molecule has 0 unspecified atom stereocenters. The van der Waals surface area contributed by atoms with Crippen molar-refractivity contribution in [1.29, 1.82) is 0 Å². The molecule has 6 heteroatoms. The van der Waals surface area contributed by atoms with E-state index in [4.69, 9.17) is 11.6 Å². The second-order valence-electron chi connectivity index (χ2n) is 7.77. The predicted molar refractivity (Wildman–Crippen MR) is 124 cm³/mol. The number of rotatable bonds is 8. The summed E-state index contributed by atoms with van der Waals surface area (Å²) in [6.07, 6.45) is 5.60. The minimum atomic E-state index is -0.523. The van der Waals surface area contributed by atoms with E-state index in [1.165, 1.54) is 18.2 Å². The number of hydrogen-bond donors (Lipinski definition) is 1. The molecule has 0 spiro atoms. The van der Waals surface area contributed by atoms with Crippen LogP contribution in [0, 0.1) is 0 Å². The second kappa shape index (κ2) is 11.4. The minimum absolute atomic E-state index is 0.0508. The molecule has 2 aromatic carbocycles. The van der Waals surface area contributed by atoms with E-state index in [9.17, 15) is 9.59 Å². The van der Waals surface area contributed by atoms with Gasteiger partial charge in [0.05, 0.1) is 5.75 Å². The number of thioether (sulfide) groups is 1. The molecule has 0 radical (unpaired) electrons. The third-order valence-corrected chi connectivity index (χ3v) is 6.74. The third-order valence-electron chi connectivity index (χ3n) is 5.49. The molecule has 1 aliphatic rings.